The minimum absolute atomic E-state index is 0.0132. The van der Waals surface area contributed by atoms with Crippen LogP contribution in [0.2, 0.25) is 0 Å². The van der Waals surface area contributed by atoms with E-state index in [0.29, 0.717) is 16.7 Å². The van der Waals surface area contributed by atoms with Gasteiger partial charge in [-0.1, -0.05) is 26.0 Å². The molecule has 0 fully saturated rings. The molecule has 6 nitrogen and oxygen atoms in total. The predicted molar refractivity (Wildman–Crippen MR) is 86.9 cm³/mol. The first kappa shape index (κ1) is 17.0. The summed E-state index contributed by atoms with van der Waals surface area (Å²) in [6.45, 7) is 4.31. The average molecular weight is 334 g/mol. The summed E-state index contributed by atoms with van der Waals surface area (Å²) >= 11 is 1.19. The summed E-state index contributed by atoms with van der Waals surface area (Å²) in [4.78, 5) is 26.3. The highest BCUT2D eigenvalue weighted by Crippen LogP contribution is 2.18. The number of aromatic carboxylic acids is 1. The fourth-order valence-electron chi connectivity index (χ4n) is 1.81. The molecule has 1 heterocycles. The number of nitrogens with one attached hydrogen (secondary N) is 1. The van der Waals surface area contributed by atoms with Crippen LogP contribution in [0, 0.1) is 0 Å². The van der Waals surface area contributed by atoms with Crippen molar-refractivity contribution in [2.24, 2.45) is 0 Å². The summed E-state index contributed by atoms with van der Waals surface area (Å²) in [6.07, 6.45) is 0. The minimum Gasteiger partial charge on any atom is -0.484 e. The van der Waals surface area contributed by atoms with Gasteiger partial charge in [-0.25, -0.2) is 9.78 Å². The molecule has 1 amide bonds. The maximum absolute atomic E-state index is 11.7. The molecule has 1 aromatic carbocycles. The van der Waals surface area contributed by atoms with Gasteiger partial charge in [0.05, 0.1) is 6.54 Å². The van der Waals surface area contributed by atoms with Crippen molar-refractivity contribution in [3.63, 3.8) is 0 Å². The zero-order valence-corrected chi connectivity index (χ0v) is 13.7. The van der Waals surface area contributed by atoms with Crippen LogP contribution in [0.25, 0.3) is 0 Å². The molecule has 7 heteroatoms. The van der Waals surface area contributed by atoms with Crippen molar-refractivity contribution in [2.45, 2.75) is 26.3 Å². The van der Waals surface area contributed by atoms with E-state index in [-0.39, 0.29) is 24.8 Å². The fraction of sp³-hybridized carbons (Fsp3) is 0.312. The van der Waals surface area contributed by atoms with Crippen molar-refractivity contribution < 1.29 is 19.4 Å². The first-order valence-corrected chi connectivity index (χ1v) is 8.01. The van der Waals surface area contributed by atoms with Gasteiger partial charge in [0.25, 0.3) is 5.91 Å². The molecule has 2 N–H and O–H groups in total. The maximum atomic E-state index is 11.7. The number of carbonyl (C=O) groups excluding carboxylic acids is 1. The summed E-state index contributed by atoms with van der Waals surface area (Å²) < 4.78 is 5.41. The van der Waals surface area contributed by atoms with E-state index < -0.39 is 5.97 Å². The molecular weight excluding hydrogens is 316 g/mol. The molecule has 0 aliphatic carbocycles. The first-order valence-electron chi connectivity index (χ1n) is 7.13. The number of carboxylic acids is 1. The van der Waals surface area contributed by atoms with Gasteiger partial charge in [-0.2, -0.15) is 0 Å². The normalized spacial score (nSPS) is 10.6. The second-order valence-electron chi connectivity index (χ2n) is 5.22. The lowest BCUT2D eigenvalue weighted by molar-refractivity contribution is -0.123. The Kier molecular flexibility index (Phi) is 5.70. The van der Waals surface area contributed by atoms with Crippen molar-refractivity contribution in [3.05, 3.63) is 45.9 Å². The zero-order valence-electron chi connectivity index (χ0n) is 12.9. The van der Waals surface area contributed by atoms with Crippen molar-refractivity contribution in [1.82, 2.24) is 10.3 Å². The van der Waals surface area contributed by atoms with Gasteiger partial charge in [0.1, 0.15) is 10.8 Å². The Balaban J connectivity index is 1.77. The third kappa shape index (κ3) is 5.07. The highest BCUT2D eigenvalue weighted by molar-refractivity contribution is 7.09. The molecule has 2 aromatic rings. The number of hydrogen-bond donors (Lipinski definition) is 2. The van der Waals surface area contributed by atoms with E-state index in [2.05, 4.69) is 24.1 Å². The highest BCUT2D eigenvalue weighted by Gasteiger charge is 2.10. The molecule has 2 rings (SSSR count). The smallest absolute Gasteiger partial charge is 0.355 e. The van der Waals surface area contributed by atoms with Crippen LogP contribution in [-0.4, -0.2) is 28.6 Å². The molecule has 0 aliphatic rings. The van der Waals surface area contributed by atoms with Gasteiger partial charge in [0, 0.05) is 5.38 Å². The molecule has 0 bridgehead atoms. The Hall–Kier alpha value is -2.41. The molecule has 0 radical (unpaired) electrons. The molecule has 0 spiro atoms. The topological polar surface area (TPSA) is 88.5 Å². The van der Waals surface area contributed by atoms with Gasteiger partial charge in [0.2, 0.25) is 0 Å². The highest BCUT2D eigenvalue weighted by atomic mass is 32.1. The van der Waals surface area contributed by atoms with E-state index in [1.165, 1.54) is 22.3 Å². The number of hydrogen-bond acceptors (Lipinski definition) is 5. The van der Waals surface area contributed by atoms with Gasteiger partial charge >= 0.3 is 5.97 Å². The minimum atomic E-state index is -1.08. The maximum Gasteiger partial charge on any atom is 0.355 e. The molecule has 1 aromatic heterocycles. The molecule has 0 saturated carbocycles. The monoisotopic (exact) mass is 334 g/mol. The van der Waals surface area contributed by atoms with Crippen molar-refractivity contribution in [2.75, 3.05) is 6.61 Å². The van der Waals surface area contributed by atoms with Gasteiger partial charge in [0.15, 0.2) is 12.3 Å². The second-order valence-corrected chi connectivity index (χ2v) is 6.16. The average Bonchev–Trinajstić information content (AvgIpc) is 3.00. The van der Waals surface area contributed by atoms with Crippen LogP contribution in [0.1, 0.15) is 40.8 Å². The summed E-state index contributed by atoms with van der Waals surface area (Å²) in [7, 11) is 0. The van der Waals surface area contributed by atoms with Gasteiger partial charge < -0.3 is 15.2 Å². The van der Waals surface area contributed by atoms with Crippen LogP contribution >= 0.6 is 11.3 Å². The third-order valence-corrected chi connectivity index (χ3v) is 3.97. The van der Waals surface area contributed by atoms with Crippen LogP contribution in [0.15, 0.2) is 29.6 Å². The van der Waals surface area contributed by atoms with E-state index in [9.17, 15) is 9.59 Å². The predicted octanol–water partition coefficient (Wildman–Crippen LogP) is 2.66. The Bertz CT molecular complexity index is 680. The molecule has 0 atom stereocenters. The van der Waals surface area contributed by atoms with E-state index in [1.54, 1.807) is 0 Å². The van der Waals surface area contributed by atoms with E-state index in [0.717, 1.165) is 0 Å². The number of rotatable bonds is 7. The number of benzene rings is 1. The number of aromatic nitrogens is 1. The van der Waals surface area contributed by atoms with Crippen molar-refractivity contribution >= 4 is 23.2 Å². The van der Waals surface area contributed by atoms with Crippen LogP contribution in [-0.2, 0) is 11.3 Å². The molecule has 0 saturated heterocycles. The Morgan fingerprint density at radius 2 is 2.00 bits per heavy atom. The molecule has 23 heavy (non-hydrogen) atoms. The Morgan fingerprint density at radius 3 is 2.57 bits per heavy atom. The van der Waals surface area contributed by atoms with Crippen LogP contribution in [0.5, 0.6) is 5.75 Å². The summed E-state index contributed by atoms with van der Waals surface area (Å²) in [5.74, 6) is -0.287. The Morgan fingerprint density at radius 1 is 1.30 bits per heavy atom. The molecule has 0 aliphatic heterocycles. The first-order chi connectivity index (χ1) is 11.0. The van der Waals surface area contributed by atoms with Crippen molar-refractivity contribution in [3.8, 4) is 5.75 Å². The second kappa shape index (κ2) is 7.73. The van der Waals surface area contributed by atoms with Gasteiger partial charge in [-0.3, -0.25) is 4.79 Å². The van der Waals surface area contributed by atoms with Gasteiger partial charge in [-0.05, 0) is 23.6 Å². The molecular formula is C16H18N2O4S. The lowest BCUT2D eigenvalue weighted by atomic mass is 10.0. The van der Waals surface area contributed by atoms with Crippen LogP contribution in [0.4, 0.5) is 0 Å². The zero-order chi connectivity index (χ0) is 16.8. The van der Waals surface area contributed by atoms with Gasteiger partial charge in [-0.15, -0.1) is 11.3 Å². The number of nitrogens with zero attached hydrogens (tertiary/aromatic N) is 1. The number of carbonyl (C=O) groups is 2. The third-order valence-electron chi connectivity index (χ3n) is 3.12. The summed E-state index contributed by atoms with van der Waals surface area (Å²) in [5, 5.41) is 13.4. The number of thiazole rings is 1. The summed E-state index contributed by atoms with van der Waals surface area (Å²) in [5.41, 5.74) is 1.19. The fourth-order valence-corrected chi connectivity index (χ4v) is 2.52. The van der Waals surface area contributed by atoms with Crippen LogP contribution < -0.4 is 10.1 Å². The van der Waals surface area contributed by atoms with E-state index in [4.69, 9.17) is 9.84 Å². The van der Waals surface area contributed by atoms with E-state index in [1.807, 2.05) is 24.3 Å². The SMILES string of the molecule is CC(C)c1ccc(OCC(=O)NCc2nc(C(=O)O)cs2)cc1. The molecule has 122 valence electrons. The standard InChI is InChI=1S/C16H18N2O4S/c1-10(2)11-3-5-12(6-4-11)22-8-14(19)17-7-15-18-13(9-23-15)16(20)21/h3-6,9-10H,7-8H2,1-2H3,(H,17,19)(H,20,21). The lowest BCUT2D eigenvalue weighted by Gasteiger charge is -2.09. The lowest BCUT2D eigenvalue weighted by Crippen LogP contribution is -2.28. The number of ether oxygens (including phenoxy) is 1. The molecule has 0 unspecified atom stereocenters. The number of amides is 1. The van der Waals surface area contributed by atoms with E-state index >= 15 is 0 Å². The van der Waals surface area contributed by atoms with Crippen LogP contribution in [0.3, 0.4) is 0 Å². The Labute approximate surface area is 138 Å². The number of carboxylic acid groups (broad SMARTS) is 1. The summed E-state index contributed by atoms with van der Waals surface area (Å²) in [6, 6.07) is 7.62. The largest absolute Gasteiger partial charge is 0.484 e. The van der Waals surface area contributed by atoms with Crippen molar-refractivity contribution in [1.29, 1.82) is 0 Å². The quantitative estimate of drug-likeness (QED) is 0.812.